The molecule has 2 aliphatic rings. The molecule has 3 atom stereocenters. The smallest absolute Gasteiger partial charge is 0.0588 e. The summed E-state index contributed by atoms with van der Waals surface area (Å²) in [6, 6.07) is 1.46. The van der Waals surface area contributed by atoms with Crippen LogP contribution in [0.25, 0.3) is 0 Å². The lowest BCUT2D eigenvalue weighted by atomic mass is 9.98. The van der Waals surface area contributed by atoms with Crippen LogP contribution in [-0.2, 0) is 4.74 Å². The summed E-state index contributed by atoms with van der Waals surface area (Å²) < 4.78 is 5.68. The van der Waals surface area contributed by atoms with E-state index >= 15 is 0 Å². The van der Waals surface area contributed by atoms with Gasteiger partial charge in [0.2, 0.25) is 0 Å². The molecule has 0 aromatic heterocycles. The lowest BCUT2D eigenvalue weighted by Gasteiger charge is -2.38. The fraction of sp³-hybridized carbons (Fsp3) is 1.00. The van der Waals surface area contributed by atoms with Gasteiger partial charge in [0.1, 0.15) is 0 Å². The Morgan fingerprint density at radius 1 is 1.38 bits per heavy atom. The molecule has 0 spiro atoms. The summed E-state index contributed by atoms with van der Waals surface area (Å²) in [5, 5.41) is 3.40. The predicted molar refractivity (Wildman–Crippen MR) is 66.7 cm³/mol. The first-order chi connectivity index (χ1) is 7.79. The Kier molecular flexibility index (Phi) is 4.62. The van der Waals surface area contributed by atoms with Crippen molar-refractivity contribution in [3.8, 4) is 0 Å². The molecule has 1 N–H and O–H groups in total. The van der Waals surface area contributed by atoms with Crippen molar-refractivity contribution in [1.29, 1.82) is 0 Å². The van der Waals surface area contributed by atoms with Crippen molar-refractivity contribution in [3.63, 3.8) is 0 Å². The summed E-state index contributed by atoms with van der Waals surface area (Å²) in [5.41, 5.74) is 0. The molecule has 0 radical (unpaired) electrons. The lowest BCUT2D eigenvalue weighted by molar-refractivity contribution is 0.0740. The molecule has 2 saturated heterocycles. The third kappa shape index (κ3) is 3.19. The maximum Gasteiger partial charge on any atom is 0.0588 e. The van der Waals surface area contributed by atoms with Crippen LogP contribution in [0, 0.1) is 0 Å². The Morgan fingerprint density at radius 3 is 2.88 bits per heavy atom. The van der Waals surface area contributed by atoms with E-state index in [0.29, 0.717) is 6.10 Å². The molecule has 0 aromatic carbocycles. The van der Waals surface area contributed by atoms with E-state index in [2.05, 4.69) is 24.2 Å². The van der Waals surface area contributed by atoms with Gasteiger partial charge in [-0.2, -0.15) is 0 Å². The van der Waals surface area contributed by atoms with Crippen LogP contribution in [0.4, 0.5) is 0 Å². The molecular formula is C13H26N2O. The molecule has 2 aliphatic heterocycles. The van der Waals surface area contributed by atoms with E-state index in [1.807, 2.05) is 0 Å². The zero-order valence-electron chi connectivity index (χ0n) is 10.7. The number of nitrogens with one attached hydrogen (secondary N) is 1. The lowest BCUT2D eigenvalue weighted by Crippen LogP contribution is -2.47. The van der Waals surface area contributed by atoms with Gasteiger partial charge >= 0.3 is 0 Å². The van der Waals surface area contributed by atoms with Crippen molar-refractivity contribution >= 4 is 0 Å². The second kappa shape index (κ2) is 5.99. The minimum Gasteiger partial charge on any atom is -0.378 e. The van der Waals surface area contributed by atoms with Gasteiger partial charge in [0, 0.05) is 25.2 Å². The topological polar surface area (TPSA) is 24.5 Å². The number of ether oxygens (including phenoxy) is 1. The highest BCUT2D eigenvalue weighted by Gasteiger charge is 2.25. The van der Waals surface area contributed by atoms with Gasteiger partial charge in [-0.05, 0) is 52.6 Å². The molecule has 2 rings (SSSR count). The van der Waals surface area contributed by atoms with Crippen molar-refractivity contribution in [2.75, 3.05) is 26.7 Å². The van der Waals surface area contributed by atoms with Crippen LogP contribution in [0.3, 0.4) is 0 Å². The predicted octanol–water partition coefficient (Wildman–Crippen LogP) is 1.63. The second-order valence-electron chi connectivity index (χ2n) is 5.32. The van der Waals surface area contributed by atoms with E-state index < -0.39 is 0 Å². The highest BCUT2D eigenvalue weighted by atomic mass is 16.5. The molecule has 3 unspecified atom stereocenters. The Labute approximate surface area is 99.5 Å². The number of nitrogens with zero attached hydrogens (tertiary/aromatic N) is 1. The summed E-state index contributed by atoms with van der Waals surface area (Å²) >= 11 is 0. The molecule has 3 heteroatoms. The Balaban J connectivity index is 1.69. The third-order valence-corrected chi connectivity index (χ3v) is 4.18. The van der Waals surface area contributed by atoms with E-state index in [-0.39, 0.29) is 0 Å². The normalized spacial score (nSPS) is 36.8. The number of rotatable bonds is 4. The molecule has 3 nitrogen and oxygen atoms in total. The molecule has 2 fully saturated rings. The quantitative estimate of drug-likeness (QED) is 0.788. The minimum atomic E-state index is 0.550. The molecule has 0 saturated carbocycles. The Morgan fingerprint density at radius 2 is 2.25 bits per heavy atom. The summed E-state index contributed by atoms with van der Waals surface area (Å²) in [7, 11) is 2.08. The zero-order chi connectivity index (χ0) is 11.4. The van der Waals surface area contributed by atoms with Crippen LogP contribution < -0.4 is 5.32 Å². The second-order valence-corrected chi connectivity index (χ2v) is 5.32. The Hall–Kier alpha value is -0.120. The number of piperidine rings is 1. The van der Waals surface area contributed by atoms with Crippen molar-refractivity contribution in [2.24, 2.45) is 0 Å². The largest absolute Gasteiger partial charge is 0.378 e. The first-order valence-electron chi connectivity index (χ1n) is 6.82. The average Bonchev–Trinajstić information content (AvgIpc) is 2.80. The zero-order valence-corrected chi connectivity index (χ0v) is 10.7. The fourth-order valence-corrected chi connectivity index (χ4v) is 3.00. The van der Waals surface area contributed by atoms with Crippen molar-refractivity contribution < 1.29 is 4.74 Å². The summed E-state index contributed by atoms with van der Waals surface area (Å²) in [5.74, 6) is 0. The van der Waals surface area contributed by atoms with Crippen LogP contribution in [0.2, 0.25) is 0 Å². The van der Waals surface area contributed by atoms with Crippen molar-refractivity contribution in [3.05, 3.63) is 0 Å². The van der Waals surface area contributed by atoms with Crippen LogP contribution in [0.15, 0.2) is 0 Å². The van der Waals surface area contributed by atoms with E-state index in [4.69, 9.17) is 4.74 Å². The average molecular weight is 226 g/mol. The van der Waals surface area contributed by atoms with Crippen LogP contribution in [0.1, 0.15) is 39.0 Å². The fourth-order valence-electron chi connectivity index (χ4n) is 3.00. The van der Waals surface area contributed by atoms with Crippen molar-refractivity contribution in [2.45, 2.75) is 57.2 Å². The van der Waals surface area contributed by atoms with Gasteiger partial charge in [-0.15, -0.1) is 0 Å². The highest BCUT2D eigenvalue weighted by molar-refractivity contribution is 4.82. The van der Waals surface area contributed by atoms with Gasteiger partial charge < -0.3 is 15.0 Å². The van der Waals surface area contributed by atoms with Gasteiger partial charge in [-0.25, -0.2) is 0 Å². The molecule has 0 amide bonds. The molecule has 94 valence electrons. The maximum atomic E-state index is 5.68. The van der Waals surface area contributed by atoms with Crippen LogP contribution in [-0.4, -0.2) is 49.8 Å². The van der Waals surface area contributed by atoms with Crippen LogP contribution >= 0.6 is 0 Å². The first kappa shape index (κ1) is 12.3. The van der Waals surface area contributed by atoms with Gasteiger partial charge in [0.25, 0.3) is 0 Å². The van der Waals surface area contributed by atoms with E-state index in [9.17, 15) is 0 Å². The molecule has 0 aliphatic carbocycles. The molecule has 0 bridgehead atoms. The van der Waals surface area contributed by atoms with Crippen LogP contribution in [0.5, 0.6) is 0 Å². The molecule has 2 heterocycles. The van der Waals surface area contributed by atoms with E-state index in [1.54, 1.807) is 0 Å². The monoisotopic (exact) mass is 226 g/mol. The maximum absolute atomic E-state index is 5.68. The highest BCUT2D eigenvalue weighted by Crippen LogP contribution is 2.20. The third-order valence-electron chi connectivity index (χ3n) is 4.18. The Bertz CT molecular complexity index is 204. The van der Waals surface area contributed by atoms with Gasteiger partial charge in [-0.1, -0.05) is 0 Å². The number of hydrogen-bond acceptors (Lipinski definition) is 3. The summed E-state index contributed by atoms with van der Waals surface area (Å²) in [6.07, 6.45) is 6.92. The molecule has 0 aromatic rings. The van der Waals surface area contributed by atoms with Gasteiger partial charge in [-0.3, -0.25) is 0 Å². The SMILES string of the molecule is CNC1CCN(CCC2CCCO2)C(C)C1. The number of hydrogen-bond donors (Lipinski definition) is 1. The summed E-state index contributed by atoms with van der Waals surface area (Å²) in [6.45, 7) is 5.82. The van der Waals surface area contributed by atoms with Crippen molar-refractivity contribution in [1.82, 2.24) is 10.2 Å². The molecular weight excluding hydrogens is 200 g/mol. The van der Waals surface area contributed by atoms with E-state index in [0.717, 1.165) is 18.7 Å². The summed E-state index contributed by atoms with van der Waals surface area (Å²) in [4.78, 5) is 2.63. The molecule has 16 heavy (non-hydrogen) atoms. The van der Waals surface area contributed by atoms with Gasteiger partial charge in [0.15, 0.2) is 0 Å². The van der Waals surface area contributed by atoms with Gasteiger partial charge in [0.05, 0.1) is 6.10 Å². The van der Waals surface area contributed by atoms with E-state index in [1.165, 1.54) is 45.2 Å². The first-order valence-corrected chi connectivity index (χ1v) is 6.82. The number of likely N-dealkylation sites (tertiary alicyclic amines) is 1. The standard InChI is InChI=1S/C13H26N2O/c1-11-10-12(14-2)5-7-15(11)8-6-13-4-3-9-16-13/h11-14H,3-10H2,1-2H3. The minimum absolute atomic E-state index is 0.550.